The fraction of sp³-hybridized carbons (Fsp3) is 0.364. The number of benzene rings is 1. The van der Waals surface area contributed by atoms with Gasteiger partial charge in [0.15, 0.2) is 5.78 Å². The van der Waals surface area contributed by atoms with Gasteiger partial charge in [0.1, 0.15) is 4.66 Å². The van der Waals surface area contributed by atoms with E-state index in [9.17, 15) is 13.2 Å². The van der Waals surface area contributed by atoms with Gasteiger partial charge in [0.2, 0.25) is 10.0 Å². The number of nitrogens with one attached hydrogen (secondary N) is 1. The van der Waals surface area contributed by atoms with Gasteiger partial charge in [-0.05, 0) is 13.8 Å². The van der Waals surface area contributed by atoms with Crippen molar-refractivity contribution in [1.29, 1.82) is 0 Å². The van der Waals surface area contributed by atoms with Crippen LogP contribution in [0.1, 0.15) is 24.2 Å². The van der Waals surface area contributed by atoms with E-state index in [-0.39, 0.29) is 10.4 Å². The molecule has 4 nitrogen and oxygen atoms in total. The quantitative estimate of drug-likeness (QED) is 0.666. The van der Waals surface area contributed by atoms with Gasteiger partial charge in [0.25, 0.3) is 0 Å². The SMILES string of the molecule is CC(C)(NS(=O)(=O)CBr)C(=O)c1ccccc1. The van der Waals surface area contributed by atoms with Crippen molar-refractivity contribution in [2.75, 3.05) is 4.66 Å². The maximum atomic E-state index is 12.1. The summed E-state index contributed by atoms with van der Waals surface area (Å²) in [7, 11) is -3.48. The van der Waals surface area contributed by atoms with Gasteiger partial charge in [-0.2, -0.15) is 0 Å². The molecule has 0 saturated carbocycles. The van der Waals surface area contributed by atoms with E-state index in [1.54, 1.807) is 44.2 Å². The lowest BCUT2D eigenvalue weighted by Crippen LogP contribution is -2.49. The molecule has 1 rings (SSSR count). The maximum Gasteiger partial charge on any atom is 0.222 e. The first-order valence-corrected chi connectivity index (χ1v) is 7.73. The van der Waals surface area contributed by atoms with Crippen molar-refractivity contribution in [3.8, 4) is 0 Å². The Morgan fingerprint density at radius 1 is 1.29 bits per heavy atom. The highest BCUT2D eigenvalue weighted by Crippen LogP contribution is 2.14. The third kappa shape index (κ3) is 3.90. The summed E-state index contributed by atoms with van der Waals surface area (Å²) in [6, 6.07) is 8.59. The Labute approximate surface area is 110 Å². The Bertz CT molecular complexity index is 497. The van der Waals surface area contributed by atoms with Crippen LogP contribution in [0.3, 0.4) is 0 Å². The molecule has 0 amide bonds. The minimum Gasteiger partial charge on any atom is -0.292 e. The molecule has 1 N–H and O–H groups in total. The third-order valence-corrected chi connectivity index (χ3v) is 5.07. The van der Waals surface area contributed by atoms with Gasteiger partial charge < -0.3 is 0 Å². The molecule has 0 unspecified atom stereocenters. The molecule has 0 aromatic heterocycles. The van der Waals surface area contributed by atoms with Crippen LogP contribution in [-0.4, -0.2) is 24.4 Å². The first kappa shape index (κ1) is 14.3. The van der Waals surface area contributed by atoms with Crippen molar-refractivity contribution >= 4 is 31.7 Å². The Kier molecular flexibility index (Phi) is 4.46. The smallest absolute Gasteiger partial charge is 0.222 e. The van der Waals surface area contributed by atoms with Gasteiger partial charge in [-0.15, -0.1) is 0 Å². The summed E-state index contributed by atoms with van der Waals surface area (Å²) in [5, 5.41) is 0. The first-order chi connectivity index (χ1) is 7.78. The van der Waals surface area contributed by atoms with Crippen molar-refractivity contribution in [2.24, 2.45) is 0 Å². The lowest BCUT2D eigenvalue weighted by molar-refractivity contribution is 0.0901. The zero-order valence-electron chi connectivity index (χ0n) is 9.60. The van der Waals surface area contributed by atoms with Gasteiger partial charge in [0, 0.05) is 5.56 Å². The molecule has 94 valence electrons. The standard InChI is InChI=1S/C11H14BrNO3S/c1-11(2,13-17(15,16)8-12)10(14)9-6-4-3-5-7-9/h3-7,13H,8H2,1-2H3. The van der Waals surface area contributed by atoms with Crippen LogP contribution in [0.5, 0.6) is 0 Å². The van der Waals surface area contributed by atoms with Crippen molar-refractivity contribution in [3.05, 3.63) is 35.9 Å². The minimum atomic E-state index is -3.48. The molecular formula is C11H14BrNO3S. The number of sulfonamides is 1. The molecule has 0 aliphatic heterocycles. The summed E-state index contributed by atoms with van der Waals surface area (Å²) in [4.78, 5) is 12.1. The average molecular weight is 320 g/mol. The van der Waals surface area contributed by atoms with Crippen LogP contribution < -0.4 is 4.72 Å². The second-order valence-electron chi connectivity index (χ2n) is 4.15. The van der Waals surface area contributed by atoms with E-state index in [4.69, 9.17) is 0 Å². The number of alkyl halides is 1. The number of halogens is 1. The van der Waals surface area contributed by atoms with Gasteiger partial charge in [-0.25, -0.2) is 13.1 Å². The summed E-state index contributed by atoms with van der Waals surface area (Å²) in [6.45, 7) is 3.09. The Morgan fingerprint density at radius 2 is 1.82 bits per heavy atom. The molecule has 0 aliphatic carbocycles. The van der Waals surface area contributed by atoms with E-state index >= 15 is 0 Å². The highest BCUT2D eigenvalue weighted by atomic mass is 79.9. The molecule has 0 radical (unpaired) electrons. The van der Waals surface area contributed by atoms with Crippen LogP contribution >= 0.6 is 15.9 Å². The first-order valence-electron chi connectivity index (χ1n) is 4.96. The molecule has 6 heteroatoms. The number of carbonyl (C=O) groups is 1. The molecule has 0 spiro atoms. The highest BCUT2D eigenvalue weighted by Gasteiger charge is 2.32. The Hall–Kier alpha value is -0.720. The van der Waals surface area contributed by atoms with Gasteiger partial charge in [-0.1, -0.05) is 46.3 Å². The molecule has 1 aromatic rings. The van der Waals surface area contributed by atoms with Gasteiger partial charge >= 0.3 is 0 Å². The van der Waals surface area contributed by atoms with E-state index < -0.39 is 15.6 Å². The number of hydrogen-bond acceptors (Lipinski definition) is 3. The third-order valence-electron chi connectivity index (χ3n) is 2.16. The molecule has 0 heterocycles. The van der Waals surface area contributed by atoms with Crippen molar-refractivity contribution < 1.29 is 13.2 Å². The second-order valence-corrected chi connectivity index (χ2v) is 7.17. The van der Waals surface area contributed by atoms with Crippen LogP contribution in [0, 0.1) is 0 Å². The molecule has 1 aromatic carbocycles. The van der Waals surface area contributed by atoms with E-state index in [0.717, 1.165) is 0 Å². The van der Waals surface area contributed by atoms with Crippen LogP contribution in [0.4, 0.5) is 0 Å². The predicted octanol–water partition coefficient (Wildman–Crippen LogP) is 1.92. The maximum absolute atomic E-state index is 12.1. The number of carbonyl (C=O) groups excluding carboxylic acids is 1. The van der Waals surface area contributed by atoms with Crippen molar-refractivity contribution in [1.82, 2.24) is 4.72 Å². The topological polar surface area (TPSA) is 63.2 Å². The summed E-state index contributed by atoms with van der Waals surface area (Å²) in [5.74, 6) is -0.261. The Morgan fingerprint density at radius 3 is 2.29 bits per heavy atom. The van der Waals surface area contributed by atoms with E-state index in [1.165, 1.54) is 0 Å². The lowest BCUT2D eigenvalue weighted by Gasteiger charge is -2.23. The average Bonchev–Trinajstić information content (AvgIpc) is 2.28. The zero-order chi connectivity index (χ0) is 13.1. The molecule has 0 fully saturated rings. The second kappa shape index (κ2) is 5.29. The molecule has 17 heavy (non-hydrogen) atoms. The van der Waals surface area contributed by atoms with E-state index in [0.29, 0.717) is 5.56 Å². The number of Topliss-reactive ketones (excluding diaryl/α,β-unsaturated/α-hetero) is 1. The predicted molar refractivity (Wildman–Crippen MR) is 70.7 cm³/mol. The fourth-order valence-electron chi connectivity index (χ4n) is 1.41. The van der Waals surface area contributed by atoms with E-state index in [1.807, 2.05) is 0 Å². The van der Waals surface area contributed by atoms with Crippen LogP contribution in [-0.2, 0) is 10.0 Å². The summed E-state index contributed by atoms with van der Waals surface area (Å²) >= 11 is 2.87. The molecule has 0 aliphatic rings. The number of ketones is 1. The Balaban J connectivity index is 2.96. The molecule has 0 saturated heterocycles. The number of hydrogen-bond donors (Lipinski definition) is 1. The summed E-state index contributed by atoms with van der Waals surface area (Å²) in [6.07, 6.45) is 0. The number of rotatable bonds is 5. The zero-order valence-corrected chi connectivity index (χ0v) is 12.0. The summed E-state index contributed by atoms with van der Waals surface area (Å²) in [5.41, 5.74) is -0.678. The van der Waals surface area contributed by atoms with Crippen LogP contribution in [0.25, 0.3) is 0 Å². The van der Waals surface area contributed by atoms with Crippen LogP contribution in [0.2, 0.25) is 0 Å². The van der Waals surface area contributed by atoms with E-state index in [2.05, 4.69) is 20.7 Å². The molecule has 0 atom stereocenters. The fourth-order valence-corrected chi connectivity index (χ4v) is 2.68. The van der Waals surface area contributed by atoms with Gasteiger partial charge in [-0.3, -0.25) is 4.79 Å². The van der Waals surface area contributed by atoms with Crippen molar-refractivity contribution in [2.45, 2.75) is 19.4 Å². The van der Waals surface area contributed by atoms with Gasteiger partial charge in [0.05, 0.1) is 5.54 Å². The normalized spacial score (nSPS) is 12.4. The monoisotopic (exact) mass is 319 g/mol. The largest absolute Gasteiger partial charge is 0.292 e. The lowest BCUT2D eigenvalue weighted by atomic mass is 9.94. The molecule has 0 bridgehead atoms. The van der Waals surface area contributed by atoms with Crippen molar-refractivity contribution in [3.63, 3.8) is 0 Å². The molecular weight excluding hydrogens is 306 g/mol. The minimum absolute atomic E-state index is 0.231. The highest BCUT2D eigenvalue weighted by molar-refractivity contribution is 9.10. The summed E-state index contributed by atoms with van der Waals surface area (Å²) < 4.78 is 25.0. The van der Waals surface area contributed by atoms with Crippen LogP contribution in [0.15, 0.2) is 30.3 Å².